The normalized spacial score (nSPS) is 11.2. The van der Waals surface area contributed by atoms with Crippen LogP contribution in [0.15, 0.2) is 42.5 Å². The quantitative estimate of drug-likeness (QED) is 0.656. The van der Waals surface area contributed by atoms with Crippen LogP contribution in [0.3, 0.4) is 0 Å². The molecule has 7 heteroatoms. The molecule has 0 atom stereocenters. The lowest BCUT2D eigenvalue weighted by molar-refractivity contribution is -0.140. The van der Waals surface area contributed by atoms with Crippen molar-refractivity contribution >= 4 is 17.3 Å². The van der Waals surface area contributed by atoms with Gasteiger partial charge < -0.3 is 11.1 Å². The number of carbonyl (C=O) groups is 1. The van der Waals surface area contributed by atoms with Crippen molar-refractivity contribution in [3.8, 4) is 0 Å². The summed E-state index contributed by atoms with van der Waals surface area (Å²) >= 11 is 0. The molecule has 0 fully saturated rings. The summed E-state index contributed by atoms with van der Waals surface area (Å²) in [6.07, 6.45) is -4.86. The molecule has 0 saturated heterocycles. The van der Waals surface area contributed by atoms with E-state index >= 15 is 0 Å². The van der Waals surface area contributed by atoms with E-state index in [1.54, 1.807) is 12.1 Å². The van der Waals surface area contributed by atoms with Gasteiger partial charge in [-0.3, -0.25) is 4.79 Å². The number of alkyl halides is 3. The summed E-state index contributed by atoms with van der Waals surface area (Å²) in [6.45, 7) is 0. The first kappa shape index (κ1) is 14.8. The van der Waals surface area contributed by atoms with E-state index in [1.807, 2.05) is 0 Å². The topological polar surface area (TPSA) is 55.1 Å². The van der Waals surface area contributed by atoms with Crippen LogP contribution in [0.1, 0.15) is 15.9 Å². The van der Waals surface area contributed by atoms with Gasteiger partial charge in [-0.05, 0) is 36.4 Å². The summed E-state index contributed by atoms with van der Waals surface area (Å²) in [5.74, 6) is -2.21. The number of hydrogen-bond acceptors (Lipinski definition) is 2. The molecule has 2 aromatic rings. The van der Waals surface area contributed by atoms with Gasteiger partial charge >= 0.3 is 6.18 Å². The SMILES string of the molecule is Nc1cccc(NC(=O)c2ccc(F)c(C(F)(F)F)c2)c1. The number of hydrogen-bond donors (Lipinski definition) is 2. The fourth-order valence-electron chi connectivity index (χ4n) is 1.70. The van der Waals surface area contributed by atoms with Crippen LogP contribution in [0.25, 0.3) is 0 Å². The van der Waals surface area contributed by atoms with Crippen LogP contribution in [0.5, 0.6) is 0 Å². The molecule has 0 aliphatic carbocycles. The van der Waals surface area contributed by atoms with Crippen molar-refractivity contribution in [2.45, 2.75) is 6.18 Å². The highest BCUT2D eigenvalue weighted by molar-refractivity contribution is 6.04. The van der Waals surface area contributed by atoms with Gasteiger partial charge in [0.1, 0.15) is 5.82 Å². The number of halogens is 4. The second-order valence-corrected chi connectivity index (χ2v) is 4.27. The molecular weight excluding hydrogens is 288 g/mol. The largest absolute Gasteiger partial charge is 0.419 e. The van der Waals surface area contributed by atoms with Crippen LogP contribution in [0.4, 0.5) is 28.9 Å². The van der Waals surface area contributed by atoms with Gasteiger partial charge in [-0.1, -0.05) is 6.07 Å². The summed E-state index contributed by atoms with van der Waals surface area (Å²) in [5.41, 5.74) is 4.46. The minimum atomic E-state index is -4.86. The number of benzene rings is 2. The maximum Gasteiger partial charge on any atom is 0.419 e. The van der Waals surface area contributed by atoms with E-state index in [0.717, 1.165) is 6.07 Å². The van der Waals surface area contributed by atoms with Crippen LogP contribution >= 0.6 is 0 Å². The molecule has 3 N–H and O–H groups in total. The highest BCUT2D eigenvalue weighted by atomic mass is 19.4. The Morgan fingerprint density at radius 1 is 1.10 bits per heavy atom. The van der Waals surface area contributed by atoms with Gasteiger partial charge in [-0.2, -0.15) is 13.2 Å². The summed E-state index contributed by atoms with van der Waals surface area (Å²) in [6, 6.07) is 8.21. The van der Waals surface area contributed by atoms with Gasteiger partial charge in [0.25, 0.3) is 5.91 Å². The van der Waals surface area contributed by atoms with Crippen molar-refractivity contribution in [1.82, 2.24) is 0 Å². The van der Waals surface area contributed by atoms with Gasteiger partial charge in [0.05, 0.1) is 5.56 Å². The number of nitrogens with one attached hydrogen (secondary N) is 1. The number of carbonyl (C=O) groups excluding carboxylic acids is 1. The summed E-state index contributed by atoms with van der Waals surface area (Å²) in [4.78, 5) is 11.9. The number of anilines is 2. The third-order valence-corrected chi connectivity index (χ3v) is 2.68. The van der Waals surface area contributed by atoms with Crippen molar-refractivity contribution in [3.63, 3.8) is 0 Å². The van der Waals surface area contributed by atoms with E-state index in [4.69, 9.17) is 5.73 Å². The molecule has 0 unspecified atom stereocenters. The van der Waals surface area contributed by atoms with E-state index in [1.165, 1.54) is 12.1 Å². The van der Waals surface area contributed by atoms with Crippen molar-refractivity contribution in [1.29, 1.82) is 0 Å². The lowest BCUT2D eigenvalue weighted by atomic mass is 10.1. The fourth-order valence-corrected chi connectivity index (χ4v) is 1.70. The van der Waals surface area contributed by atoms with Gasteiger partial charge in [0.15, 0.2) is 0 Å². The Kier molecular flexibility index (Phi) is 3.84. The zero-order valence-corrected chi connectivity index (χ0v) is 10.5. The number of amides is 1. The molecule has 0 radical (unpaired) electrons. The summed E-state index contributed by atoms with van der Waals surface area (Å²) in [5, 5.41) is 2.39. The first-order valence-corrected chi connectivity index (χ1v) is 5.81. The van der Waals surface area contributed by atoms with Crippen LogP contribution in [-0.4, -0.2) is 5.91 Å². The van der Waals surface area contributed by atoms with Crippen molar-refractivity contribution in [3.05, 3.63) is 59.4 Å². The maximum absolute atomic E-state index is 13.1. The minimum absolute atomic E-state index is 0.300. The second-order valence-electron chi connectivity index (χ2n) is 4.27. The maximum atomic E-state index is 13.1. The molecular formula is C14H10F4N2O. The van der Waals surface area contributed by atoms with Crippen LogP contribution < -0.4 is 11.1 Å². The molecule has 0 bridgehead atoms. The average Bonchev–Trinajstić information content (AvgIpc) is 2.37. The average molecular weight is 298 g/mol. The Morgan fingerprint density at radius 3 is 2.43 bits per heavy atom. The third kappa shape index (κ3) is 3.50. The lowest BCUT2D eigenvalue weighted by Gasteiger charge is -2.10. The molecule has 2 aromatic carbocycles. The highest BCUT2D eigenvalue weighted by Crippen LogP contribution is 2.32. The Balaban J connectivity index is 2.28. The molecule has 3 nitrogen and oxygen atoms in total. The zero-order valence-electron chi connectivity index (χ0n) is 10.5. The van der Waals surface area contributed by atoms with Gasteiger partial charge in [-0.25, -0.2) is 4.39 Å². The molecule has 1 amide bonds. The Bertz CT molecular complexity index is 683. The predicted molar refractivity (Wildman–Crippen MR) is 70.2 cm³/mol. The van der Waals surface area contributed by atoms with Crippen LogP contribution in [0, 0.1) is 5.82 Å². The van der Waals surface area contributed by atoms with E-state index in [2.05, 4.69) is 5.32 Å². The smallest absolute Gasteiger partial charge is 0.399 e. The first-order chi connectivity index (χ1) is 9.77. The van der Waals surface area contributed by atoms with Gasteiger partial charge in [-0.15, -0.1) is 0 Å². The summed E-state index contributed by atoms with van der Waals surface area (Å²) < 4.78 is 50.9. The zero-order chi connectivity index (χ0) is 15.6. The molecule has 0 saturated carbocycles. The Labute approximate surface area is 117 Å². The minimum Gasteiger partial charge on any atom is -0.399 e. The standard InChI is InChI=1S/C14H10F4N2O/c15-12-5-4-8(6-11(12)14(16,17)18)13(21)20-10-3-1-2-9(19)7-10/h1-7H,19H2,(H,20,21). The first-order valence-electron chi connectivity index (χ1n) is 5.81. The van der Waals surface area contributed by atoms with Crippen molar-refractivity contribution in [2.24, 2.45) is 0 Å². The number of rotatable bonds is 2. The van der Waals surface area contributed by atoms with Crippen molar-refractivity contribution in [2.75, 3.05) is 11.1 Å². The molecule has 0 aliphatic heterocycles. The number of nitrogens with two attached hydrogens (primary N) is 1. The monoisotopic (exact) mass is 298 g/mol. The Hall–Kier alpha value is -2.57. The molecule has 2 rings (SSSR count). The highest BCUT2D eigenvalue weighted by Gasteiger charge is 2.34. The van der Waals surface area contributed by atoms with Crippen LogP contribution in [-0.2, 0) is 6.18 Å². The van der Waals surface area contributed by atoms with Gasteiger partial charge in [0, 0.05) is 16.9 Å². The number of nitrogen functional groups attached to an aromatic ring is 1. The molecule has 0 aliphatic rings. The lowest BCUT2D eigenvalue weighted by Crippen LogP contribution is -2.15. The Morgan fingerprint density at radius 2 is 1.81 bits per heavy atom. The van der Waals surface area contributed by atoms with E-state index < -0.39 is 23.5 Å². The molecule has 0 spiro atoms. The van der Waals surface area contributed by atoms with Gasteiger partial charge in [0.2, 0.25) is 0 Å². The molecule has 21 heavy (non-hydrogen) atoms. The van der Waals surface area contributed by atoms with Crippen LogP contribution in [0.2, 0.25) is 0 Å². The third-order valence-electron chi connectivity index (χ3n) is 2.68. The van der Waals surface area contributed by atoms with Crippen molar-refractivity contribution < 1.29 is 22.4 Å². The second kappa shape index (κ2) is 5.43. The van der Waals surface area contributed by atoms with E-state index in [9.17, 15) is 22.4 Å². The summed E-state index contributed by atoms with van der Waals surface area (Å²) in [7, 11) is 0. The fraction of sp³-hybridized carbons (Fsp3) is 0.0714. The predicted octanol–water partition coefficient (Wildman–Crippen LogP) is 3.68. The molecule has 0 heterocycles. The van der Waals surface area contributed by atoms with E-state index in [-0.39, 0.29) is 5.56 Å². The molecule has 110 valence electrons. The molecule has 0 aromatic heterocycles. The van der Waals surface area contributed by atoms with E-state index in [0.29, 0.717) is 23.5 Å².